The normalized spacial score (nSPS) is 29.1. The van der Waals surface area contributed by atoms with Crippen molar-refractivity contribution in [2.24, 2.45) is 5.84 Å². The fourth-order valence-corrected chi connectivity index (χ4v) is 2.45. The van der Waals surface area contributed by atoms with E-state index in [1.165, 1.54) is 18.2 Å². The molecule has 0 aliphatic carbocycles. The summed E-state index contributed by atoms with van der Waals surface area (Å²) < 4.78 is 29.7. The van der Waals surface area contributed by atoms with Crippen LogP contribution in [0.25, 0.3) is 0 Å². The van der Waals surface area contributed by atoms with Crippen LogP contribution in [0, 0.1) is 5.21 Å². The number of hydrogen-bond donors (Lipinski definition) is 2. The van der Waals surface area contributed by atoms with E-state index in [-0.39, 0.29) is 10.9 Å². The molecular weight excluding hydrogens is 232 g/mol. The molecule has 1 aromatic carbocycles. The summed E-state index contributed by atoms with van der Waals surface area (Å²) in [6.07, 6.45) is 0.401. The Balaban J connectivity index is 2.57. The van der Waals surface area contributed by atoms with Gasteiger partial charge in [-0.05, 0) is 19.1 Å². The van der Waals surface area contributed by atoms with E-state index >= 15 is 0 Å². The minimum Gasteiger partial charge on any atom is -0.606 e. The Kier molecular flexibility index (Phi) is 2.34. The molecule has 3 N–H and O–H groups in total. The molecular formula is C9H12N2O4S. The molecule has 0 unspecified atom stereocenters. The minimum atomic E-state index is -4.23. The molecule has 0 fully saturated rings. The molecule has 88 valence electrons. The average molecular weight is 244 g/mol. The summed E-state index contributed by atoms with van der Waals surface area (Å²) >= 11 is 0. The van der Waals surface area contributed by atoms with E-state index in [1.54, 1.807) is 6.92 Å². The van der Waals surface area contributed by atoms with Crippen molar-refractivity contribution in [3.63, 3.8) is 0 Å². The molecule has 2 rings (SSSR count). The van der Waals surface area contributed by atoms with E-state index in [2.05, 4.69) is 0 Å². The molecule has 1 aliphatic rings. The number of nitrogens with two attached hydrogens (primary N) is 1. The summed E-state index contributed by atoms with van der Waals surface area (Å²) in [5.74, 6) is 5.56. The van der Waals surface area contributed by atoms with E-state index in [4.69, 9.17) is 10.4 Å². The van der Waals surface area contributed by atoms with Gasteiger partial charge in [-0.15, -0.1) is 0 Å². The first kappa shape index (κ1) is 11.5. The lowest BCUT2D eigenvalue weighted by Crippen LogP contribution is -2.54. The molecule has 1 aromatic rings. The van der Waals surface area contributed by atoms with E-state index in [0.717, 1.165) is 0 Å². The third-order valence-corrected chi connectivity index (χ3v) is 3.75. The van der Waals surface area contributed by atoms with Gasteiger partial charge in [-0.2, -0.15) is 14.3 Å². The Morgan fingerprint density at radius 3 is 2.75 bits per heavy atom. The fourth-order valence-electron chi connectivity index (χ4n) is 1.92. The summed E-state index contributed by atoms with van der Waals surface area (Å²) in [4.78, 5) is -0.208. The van der Waals surface area contributed by atoms with Gasteiger partial charge in [0.25, 0.3) is 10.1 Å². The molecule has 0 saturated heterocycles. The van der Waals surface area contributed by atoms with Gasteiger partial charge in [0, 0.05) is 18.1 Å². The molecule has 1 heterocycles. The minimum absolute atomic E-state index is 0.208. The van der Waals surface area contributed by atoms with Gasteiger partial charge in [-0.3, -0.25) is 4.55 Å². The van der Waals surface area contributed by atoms with Gasteiger partial charge in [-0.25, -0.2) is 4.76 Å². The second kappa shape index (κ2) is 3.25. The number of fused-ring (bicyclic) bond motifs is 1. The Morgan fingerprint density at radius 1 is 1.56 bits per heavy atom. The smallest absolute Gasteiger partial charge is 0.294 e. The number of hydroxylamine groups is 1. The lowest BCUT2D eigenvalue weighted by atomic mass is 10.1. The predicted molar refractivity (Wildman–Crippen MR) is 58.8 cm³/mol. The molecule has 0 bridgehead atoms. The van der Waals surface area contributed by atoms with Crippen LogP contribution < -0.4 is 10.6 Å². The van der Waals surface area contributed by atoms with Gasteiger partial charge in [0.1, 0.15) is 6.04 Å². The first-order chi connectivity index (χ1) is 7.23. The predicted octanol–water partition coefficient (Wildman–Crippen LogP) is 0.557. The summed E-state index contributed by atoms with van der Waals surface area (Å²) in [6.45, 7) is 1.69. The van der Waals surface area contributed by atoms with Gasteiger partial charge < -0.3 is 5.21 Å². The molecule has 1 aliphatic heterocycles. The third-order valence-electron chi connectivity index (χ3n) is 2.90. The van der Waals surface area contributed by atoms with Crippen molar-refractivity contribution in [2.45, 2.75) is 24.3 Å². The van der Waals surface area contributed by atoms with Crippen LogP contribution in [0.1, 0.15) is 12.5 Å². The van der Waals surface area contributed by atoms with Crippen molar-refractivity contribution in [1.29, 1.82) is 0 Å². The highest BCUT2D eigenvalue weighted by atomic mass is 32.2. The zero-order chi connectivity index (χ0) is 12.1. The number of hydrogen-bond acceptors (Lipinski definition) is 4. The van der Waals surface area contributed by atoms with Gasteiger partial charge in [0.05, 0.1) is 4.90 Å². The highest BCUT2D eigenvalue weighted by Gasteiger charge is 2.36. The topological polar surface area (TPSA) is 103 Å². The lowest BCUT2D eigenvalue weighted by Gasteiger charge is -2.36. The van der Waals surface area contributed by atoms with Crippen molar-refractivity contribution >= 4 is 15.8 Å². The van der Waals surface area contributed by atoms with Crippen LogP contribution in [0.15, 0.2) is 23.1 Å². The van der Waals surface area contributed by atoms with E-state index < -0.39 is 14.9 Å². The molecule has 0 amide bonds. The average Bonchev–Trinajstić information content (AvgIpc) is 2.36. The number of nitrogens with zero attached hydrogens (tertiary/aromatic N) is 1. The van der Waals surface area contributed by atoms with Crippen LogP contribution in [0.4, 0.5) is 5.69 Å². The van der Waals surface area contributed by atoms with Gasteiger partial charge in [-0.1, -0.05) is 0 Å². The second-order valence-electron chi connectivity index (χ2n) is 4.03. The Hall–Kier alpha value is -0.990. The summed E-state index contributed by atoms with van der Waals surface area (Å²) in [5.41, 5.74) is 0.917. The zero-order valence-electron chi connectivity index (χ0n) is 8.62. The first-order valence-electron chi connectivity index (χ1n) is 4.72. The summed E-state index contributed by atoms with van der Waals surface area (Å²) in [5, 5.41) is 11.9. The Morgan fingerprint density at radius 2 is 2.19 bits per heavy atom. The number of rotatable bonds is 1. The van der Waals surface area contributed by atoms with Gasteiger partial charge in [0.15, 0.2) is 5.69 Å². The highest BCUT2D eigenvalue weighted by molar-refractivity contribution is 7.85. The van der Waals surface area contributed by atoms with Crippen molar-refractivity contribution < 1.29 is 13.0 Å². The van der Waals surface area contributed by atoms with Crippen molar-refractivity contribution in [3.05, 3.63) is 29.0 Å². The van der Waals surface area contributed by atoms with Crippen LogP contribution in [-0.4, -0.2) is 19.0 Å². The monoisotopic (exact) mass is 244 g/mol. The standard InChI is InChI=1S/C9H12N2O4S/c1-6-4-7-5-8(16(13,14)15)2-3-9(7)11(6,10)12/h2-3,5-6H,4,10H2,1H3,(H,13,14,15)/t6-,11-/m0/s1. The van der Waals surface area contributed by atoms with Crippen molar-refractivity contribution in [1.82, 2.24) is 4.76 Å². The fraction of sp³-hybridized carbons (Fsp3) is 0.333. The van der Waals surface area contributed by atoms with Crippen LogP contribution in [0.3, 0.4) is 0 Å². The molecule has 0 spiro atoms. The molecule has 2 atom stereocenters. The second-order valence-corrected chi connectivity index (χ2v) is 5.45. The van der Waals surface area contributed by atoms with Crippen LogP contribution in [0.2, 0.25) is 0 Å². The lowest BCUT2D eigenvalue weighted by molar-refractivity contribution is 0.327. The number of benzene rings is 1. The third kappa shape index (κ3) is 1.62. The molecule has 16 heavy (non-hydrogen) atoms. The van der Waals surface area contributed by atoms with Crippen LogP contribution in [-0.2, 0) is 16.5 Å². The number of quaternary nitrogens is 1. The van der Waals surface area contributed by atoms with E-state index in [1.807, 2.05) is 0 Å². The summed E-state index contributed by atoms with van der Waals surface area (Å²) in [7, 11) is -4.23. The molecule has 0 saturated carbocycles. The Labute approximate surface area is 93.2 Å². The SMILES string of the molecule is C[C@H]1Cc2cc(S(=O)(=O)O)ccc2[N@@+]1(N)[O-]. The quantitative estimate of drug-likeness (QED) is 0.325. The van der Waals surface area contributed by atoms with Crippen molar-refractivity contribution in [3.8, 4) is 0 Å². The molecule has 7 heteroatoms. The van der Waals surface area contributed by atoms with Gasteiger partial charge in [0.2, 0.25) is 0 Å². The Bertz CT molecular complexity index is 538. The molecule has 0 aromatic heterocycles. The first-order valence-corrected chi connectivity index (χ1v) is 6.16. The maximum absolute atomic E-state index is 11.9. The zero-order valence-corrected chi connectivity index (χ0v) is 9.44. The van der Waals surface area contributed by atoms with E-state index in [9.17, 15) is 13.6 Å². The van der Waals surface area contributed by atoms with E-state index in [0.29, 0.717) is 17.7 Å². The molecule has 6 nitrogen and oxygen atoms in total. The summed E-state index contributed by atoms with van der Waals surface area (Å²) in [6, 6.07) is 3.48. The largest absolute Gasteiger partial charge is 0.606 e. The molecule has 0 radical (unpaired) electrons. The van der Waals surface area contributed by atoms with Gasteiger partial charge >= 0.3 is 0 Å². The van der Waals surface area contributed by atoms with Crippen LogP contribution >= 0.6 is 0 Å². The maximum atomic E-state index is 11.9. The maximum Gasteiger partial charge on any atom is 0.294 e. The van der Waals surface area contributed by atoms with Crippen LogP contribution in [0.5, 0.6) is 0 Å². The highest BCUT2D eigenvalue weighted by Crippen LogP contribution is 2.36. The van der Waals surface area contributed by atoms with Crippen molar-refractivity contribution in [2.75, 3.05) is 0 Å².